The number of carbonyl (C=O) groups is 1. The predicted molar refractivity (Wildman–Crippen MR) is 143 cm³/mol. The number of amides is 1. The second-order valence-corrected chi connectivity index (χ2v) is 9.20. The van der Waals surface area contributed by atoms with Crippen LogP contribution in [0.4, 0.5) is 5.69 Å². The third-order valence-electron chi connectivity index (χ3n) is 5.46. The largest absolute Gasteiger partial charge is 0.493 e. The van der Waals surface area contributed by atoms with E-state index in [2.05, 4.69) is 38.5 Å². The molecule has 0 spiro atoms. The maximum atomic E-state index is 12.7. The molecule has 2 N–H and O–H groups in total. The van der Waals surface area contributed by atoms with Gasteiger partial charge in [0.15, 0.2) is 10.7 Å². The molecule has 6 nitrogen and oxygen atoms in total. The van der Waals surface area contributed by atoms with Crippen LogP contribution in [0.5, 0.6) is 5.75 Å². The quantitative estimate of drug-likeness (QED) is 0.275. The van der Waals surface area contributed by atoms with Gasteiger partial charge in [-0.05, 0) is 115 Å². The summed E-state index contributed by atoms with van der Waals surface area (Å²) in [5.74, 6) is 0.883. The van der Waals surface area contributed by atoms with Crippen molar-refractivity contribution in [2.24, 2.45) is 0 Å². The zero-order valence-corrected chi connectivity index (χ0v) is 21.7. The lowest BCUT2D eigenvalue weighted by molar-refractivity contribution is 0.0977. The number of halogens is 1. The first-order chi connectivity index (χ1) is 16.2. The van der Waals surface area contributed by atoms with Gasteiger partial charge in [-0.3, -0.25) is 10.1 Å². The van der Waals surface area contributed by atoms with E-state index in [1.165, 1.54) is 5.56 Å². The molecule has 0 radical (unpaired) electrons. The van der Waals surface area contributed by atoms with Crippen molar-refractivity contribution in [3.8, 4) is 17.2 Å². The summed E-state index contributed by atoms with van der Waals surface area (Å²) in [6, 6.07) is 15.0. The maximum absolute atomic E-state index is 12.7. The van der Waals surface area contributed by atoms with Crippen LogP contribution in [0.15, 0.2) is 57.4 Å². The number of aromatic nitrogens is 1. The zero-order valence-electron chi connectivity index (χ0n) is 19.3. The smallest absolute Gasteiger partial charge is 0.257 e. The molecule has 0 saturated heterocycles. The third-order valence-corrected chi connectivity index (χ3v) is 6.28. The molecule has 4 aromatic rings. The second kappa shape index (κ2) is 9.95. The lowest BCUT2D eigenvalue weighted by Crippen LogP contribution is -2.34. The van der Waals surface area contributed by atoms with Gasteiger partial charge in [-0.1, -0.05) is 6.07 Å². The molecule has 0 fully saturated rings. The fourth-order valence-electron chi connectivity index (χ4n) is 3.44. The summed E-state index contributed by atoms with van der Waals surface area (Å²) < 4.78 is 12.2. The van der Waals surface area contributed by atoms with E-state index in [0.717, 1.165) is 33.5 Å². The molecule has 0 unspecified atom stereocenters. The number of nitrogens with zero attached hydrogens (tertiary/aromatic N) is 1. The Balaban J connectivity index is 1.51. The summed E-state index contributed by atoms with van der Waals surface area (Å²) in [6.07, 6.45) is 0. The number of ether oxygens (including phenoxy) is 1. The molecule has 1 heterocycles. The first-order valence-corrected chi connectivity index (χ1v) is 12.0. The van der Waals surface area contributed by atoms with Crippen molar-refractivity contribution >= 4 is 56.0 Å². The number of fused-ring (bicyclic) bond motifs is 1. The molecule has 8 heteroatoms. The molecule has 0 aliphatic rings. The minimum atomic E-state index is -0.320. The van der Waals surface area contributed by atoms with Crippen LogP contribution in [0.25, 0.3) is 22.6 Å². The van der Waals surface area contributed by atoms with Crippen LogP contribution < -0.4 is 15.4 Å². The van der Waals surface area contributed by atoms with Crippen LogP contribution in [0.2, 0.25) is 0 Å². The van der Waals surface area contributed by atoms with Gasteiger partial charge >= 0.3 is 0 Å². The summed E-state index contributed by atoms with van der Waals surface area (Å²) in [5.41, 5.74) is 6.87. The molecule has 0 aliphatic heterocycles. The molecule has 34 heavy (non-hydrogen) atoms. The minimum Gasteiger partial charge on any atom is -0.493 e. The van der Waals surface area contributed by atoms with E-state index >= 15 is 0 Å². The molecule has 0 bridgehead atoms. The van der Waals surface area contributed by atoms with Crippen molar-refractivity contribution in [3.05, 3.63) is 75.3 Å². The minimum absolute atomic E-state index is 0.194. The van der Waals surface area contributed by atoms with Gasteiger partial charge in [0.1, 0.15) is 11.3 Å². The van der Waals surface area contributed by atoms with E-state index < -0.39 is 0 Å². The molecule has 1 amide bonds. The number of hydrogen-bond acceptors (Lipinski definition) is 5. The third kappa shape index (κ3) is 5.13. The van der Waals surface area contributed by atoms with E-state index in [-0.39, 0.29) is 11.0 Å². The van der Waals surface area contributed by atoms with E-state index in [1.807, 2.05) is 51.1 Å². The number of aryl methyl sites for hydroxylation is 3. The summed E-state index contributed by atoms with van der Waals surface area (Å²) in [7, 11) is 0. The Kier molecular flexibility index (Phi) is 7.00. The summed E-state index contributed by atoms with van der Waals surface area (Å²) in [6.45, 7) is 8.50. The van der Waals surface area contributed by atoms with Crippen LogP contribution >= 0.6 is 28.1 Å². The van der Waals surface area contributed by atoms with Gasteiger partial charge in [-0.15, -0.1) is 0 Å². The average molecular weight is 538 g/mol. The second-order valence-electron chi connectivity index (χ2n) is 7.94. The standard InChI is InChI=1S/C26H24BrN3O3S/c1-5-32-22-9-8-17(12-19(22)27)24(31)30-26(34)29-20-13-18(7-6-14(20)2)25-28-21-10-15(3)16(4)11-23(21)33-25/h6-13H,5H2,1-4H3,(H2,29,30,31,34). The topological polar surface area (TPSA) is 76.4 Å². The van der Waals surface area contributed by atoms with Crippen LogP contribution in [0.1, 0.15) is 34.0 Å². The fraction of sp³-hybridized carbons (Fsp3) is 0.192. The summed E-state index contributed by atoms with van der Waals surface area (Å²) >= 11 is 8.82. The molecule has 3 aromatic carbocycles. The Hall–Kier alpha value is -3.23. The lowest BCUT2D eigenvalue weighted by atomic mass is 10.1. The molecular weight excluding hydrogens is 514 g/mol. The van der Waals surface area contributed by atoms with Gasteiger partial charge in [0, 0.05) is 16.8 Å². The number of carbonyl (C=O) groups excluding carboxylic acids is 1. The fourth-order valence-corrected chi connectivity index (χ4v) is 4.13. The number of rotatable bonds is 5. The van der Waals surface area contributed by atoms with Crippen LogP contribution in [-0.4, -0.2) is 22.6 Å². The molecule has 4 rings (SSSR count). The Morgan fingerprint density at radius 2 is 1.82 bits per heavy atom. The predicted octanol–water partition coefficient (Wildman–Crippen LogP) is 6.71. The van der Waals surface area contributed by atoms with Gasteiger partial charge < -0.3 is 14.5 Å². The van der Waals surface area contributed by atoms with Gasteiger partial charge in [0.05, 0.1) is 11.1 Å². The number of anilines is 1. The Labute approximate surface area is 211 Å². The Morgan fingerprint density at radius 1 is 1.06 bits per heavy atom. The van der Waals surface area contributed by atoms with Gasteiger partial charge in [0.25, 0.3) is 5.91 Å². The lowest BCUT2D eigenvalue weighted by Gasteiger charge is -2.13. The zero-order chi connectivity index (χ0) is 24.4. The van der Waals surface area contributed by atoms with Crippen molar-refractivity contribution < 1.29 is 13.9 Å². The van der Waals surface area contributed by atoms with E-state index in [0.29, 0.717) is 28.3 Å². The highest BCUT2D eigenvalue weighted by Crippen LogP contribution is 2.29. The molecule has 0 atom stereocenters. The van der Waals surface area contributed by atoms with Crippen molar-refractivity contribution in [2.75, 3.05) is 11.9 Å². The Bertz CT molecular complexity index is 1380. The molecular formula is C26H24BrN3O3S. The van der Waals surface area contributed by atoms with E-state index in [1.54, 1.807) is 18.2 Å². The van der Waals surface area contributed by atoms with Crippen molar-refractivity contribution in [1.82, 2.24) is 10.3 Å². The van der Waals surface area contributed by atoms with E-state index in [4.69, 9.17) is 21.4 Å². The van der Waals surface area contributed by atoms with Gasteiger partial charge in [-0.2, -0.15) is 0 Å². The molecule has 1 aromatic heterocycles. The number of oxazole rings is 1. The highest BCUT2D eigenvalue weighted by molar-refractivity contribution is 9.10. The normalized spacial score (nSPS) is 10.9. The van der Waals surface area contributed by atoms with Crippen LogP contribution in [0, 0.1) is 20.8 Å². The van der Waals surface area contributed by atoms with Crippen molar-refractivity contribution in [3.63, 3.8) is 0 Å². The number of nitrogens with one attached hydrogen (secondary N) is 2. The monoisotopic (exact) mass is 537 g/mol. The van der Waals surface area contributed by atoms with E-state index in [9.17, 15) is 4.79 Å². The first-order valence-electron chi connectivity index (χ1n) is 10.8. The Morgan fingerprint density at radius 3 is 2.56 bits per heavy atom. The first kappa shape index (κ1) is 23.9. The summed E-state index contributed by atoms with van der Waals surface area (Å²) in [4.78, 5) is 17.3. The SMILES string of the molecule is CCOc1ccc(C(=O)NC(=S)Nc2cc(-c3nc4cc(C)c(C)cc4o3)ccc2C)cc1Br. The number of hydrogen-bond donors (Lipinski definition) is 2. The number of benzene rings is 3. The highest BCUT2D eigenvalue weighted by Gasteiger charge is 2.14. The van der Waals surface area contributed by atoms with Crippen molar-refractivity contribution in [2.45, 2.75) is 27.7 Å². The molecule has 0 saturated carbocycles. The summed E-state index contributed by atoms with van der Waals surface area (Å²) in [5, 5.41) is 6.03. The maximum Gasteiger partial charge on any atom is 0.257 e. The van der Waals surface area contributed by atoms with Crippen molar-refractivity contribution in [1.29, 1.82) is 0 Å². The molecule has 174 valence electrons. The average Bonchev–Trinajstić information content (AvgIpc) is 3.19. The number of thiocarbonyl (C=S) groups is 1. The highest BCUT2D eigenvalue weighted by atomic mass is 79.9. The van der Waals surface area contributed by atoms with Crippen LogP contribution in [-0.2, 0) is 0 Å². The van der Waals surface area contributed by atoms with Gasteiger partial charge in [0.2, 0.25) is 5.89 Å². The van der Waals surface area contributed by atoms with Gasteiger partial charge in [-0.25, -0.2) is 4.98 Å². The molecule has 0 aliphatic carbocycles. The van der Waals surface area contributed by atoms with Crippen LogP contribution in [0.3, 0.4) is 0 Å².